The average molecular weight is 281 g/mol. The zero-order valence-electron chi connectivity index (χ0n) is 11.4. The van der Waals surface area contributed by atoms with E-state index in [0.29, 0.717) is 5.38 Å². The summed E-state index contributed by atoms with van der Waals surface area (Å²) in [6, 6.07) is 7.87. The molecule has 0 radical (unpaired) electrons. The van der Waals surface area contributed by atoms with Crippen LogP contribution >= 0.6 is 11.6 Å². The lowest BCUT2D eigenvalue weighted by molar-refractivity contribution is -0.0650. The van der Waals surface area contributed by atoms with Gasteiger partial charge < -0.3 is 9.47 Å². The van der Waals surface area contributed by atoms with Crippen LogP contribution in [-0.4, -0.2) is 18.6 Å². The Bertz CT molecular complexity index is 440. The highest BCUT2D eigenvalue weighted by molar-refractivity contribution is 6.21. The second-order valence-electron chi connectivity index (χ2n) is 5.78. The molecule has 0 aliphatic heterocycles. The van der Waals surface area contributed by atoms with Gasteiger partial charge in [-0.05, 0) is 25.0 Å². The summed E-state index contributed by atoms with van der Waals surface area (Å²) < 4.78 is 11.4. The third kappa shape index (κ3) is 2.31. The number of alkyl halides is 1. The normalized spacial score (nSPS) is 28.7. The van der Waals surface area contributed by atoms with Gasteiger partial charge >= 0.3 is 0 Å². The Morgan fingerprint density at radius 2 is 1.89 bits per heavy atom. The molecule has 0 N–H and O–H groups in total. The molecule has 2 unspecified atom stereocenters. The molecule has 2 atom stereocenters. The molecule has 0 aromatic heterocycles. The van der Waals surface area contributed by atoms with Gasteiger partial charge in [-0.15, -0.1) is 11.6 Å². The highest BCUT2D eigenvalue weighted by atomic mass is 35.5. The largest absolute Gasteiger partial charge is 0.497 e. The van der Waals surface area contributed by atoms with Gasteiger partial charge in [0.15, 0.2) is 0 Å². The topological polar surface area (TPSA) is 18.5 Å². The predicted molar refractivity (Wildman–Crippen MR) is 77.2 cm³/mol. The fourth-order valence-electron chi connectivity index (χ4n) is 3.55. The van der Waals surface area contributed by atoms with Crippen LogP contribution in [0, 0.1) is 5.41 Å². The summed E-state index contributed by atoms with van der Waals surface area (Å²) in [5.41, 5.74) is 0.225. The molecule has 1 aromatic rings. The molecule has 1 aromatic carbocycles. The molecule has 19 heavy (non-hydrogen) atoms. The molecule has 1 spiro atoms. The molecule has 104 valence electrons. The van der Waals surface area contributed by atoms with Crippen LogP contribution in [0.1, 0.15) is 38.5 Å². The first kappa shape index (κ1) is 13.1. The Kier molecular flexibility index (Phi) is 3.62. The second kappa shape index (κ2) is 5.24. The summed E-state index contributed by atoms with van der Waals surface area (Å²) in [5.74, 6) is 1.75. The van der Waals surface area contributed by atoms with Crippen LogP contribution in [0.25, 0.3) is 0 Å². The highest BCUT2D eigenvalue weighted by Gasteiger charge is 2.55. The lowest BCUT2D eigenvalue weighted by atomic mass is 9.58. The number of halogens is 1. The number of hydrogen-bond donors (Lipinski definition) is 0. The fourth-order valence-corrected chi connectivity index (χ4v) is 4.07. The van der Waals surface area contributed by atoms with E-state index in [1.165, 1.54) is 32.1 Å². The molecule has 0 bridgehead atoms. The minimum Gasteiger partial charge on any atom is -0.497 e. The lowest BCUT2D eigenvalue weighted by Crippen LogP contribution is -2.58. The fraction of sp³-hybridized carbons (Fsp3) is 0.625. The van der Waals surface area contributed by atoms with Crippen LogP contribution in [0.5, 0.6) is 11.5 Å². The van der Waals surface area contributed by atoms with E-state index in [2.05, 4.69) is 0 Å². The van der Waals surface area contributed by atoms with Gasteiger partial charge in [-0.25, -0.2) is 0 Å². The van der Waals surface area contributed by atoms with Crippen LogP contribution in [0.15, 0.2) is 24.3 Å². The molecule has 2 saturated carbocycles. The number of benzene rings is 1. The van der Waals surface area contributed by atoms with Gasteiger partial charge in [0, 0.05) is 23.3 Å². The van der Waals surface area contributed by atoms with Gasteiger partial charge in [-0.3, -0.25) is 0 Å². The third-order valence-corrected chi connectivity index (χ3v) is 5.40. The SMILES string of the molecule is COc1cccc(OC2CC(Cl)C23CCCCC3)c1. The first-order chi connectivity index (χ1) is 9.24. The number of methoxy groups -OCH3 is 1. The van der Waals surface area contributed by atoms with Crippen LogP contribution in [0.3, 0.4) is 0 Å². The smallest absolute Gasteiger partial charge is 0.123 e. The maximum absolute atomic E-state index is 6.50. The van der Waals surface area contributed by atoms with Gasteiger partial charge in [0.05, 0.1) is 7.11 Å². The van der Waals surface area contributed by atoms with Crippen molar-refractivity contribution in [3.8, 4) is 11.5 Å². The number of ether oxygens (including phenoxy) is 2. The Morgan fingerprint density at radius 3 is 2.58 bits per heavy atom. The van der Waals surface area contributed by atoms with Crippen molar-refractivity contribution in [2.24, 2.45) is 5.41 Å². The lowest BCUT2D eigenvalue weighted by Gasteiger charge is -2.55. The van der Waals surface area contributed by atoms with Gasteiger partial charge in [0.1, 0.15) is 17.6 Å². The average Bonchev–Trinajstić information content (AvgIpc) is 2.48. The van der Waals surface area contributed by atoms with Crippen LogP contribution in [0.2, 0.25) is 0 Å². The van der Waals surface area contributed by atoms with Gasteiger partial charge in [0.2, 0.25) is 0 Å². The minimum atomic E-state index is 0.225. The molecule has 2 aliphatic carbocycles. The molecule has 2 aliphatic rings. The van der Waals surface area contributed by atoms with Crippen molar-refractivity contribution < 1.29 is 9.47 Å². The second-order valence-corrected chi connectivity index (χ2v) is 6.31. The zero-order valence-corrected chi connectivity index (χ0v) is 12.2. The molecule has 3 heteroatoms. The molecule has 0 saturated heterocycles. The van der Waals surface area contributed by atoms with E-state index in [9.17, 15) is 0 Å². The van der Waals surface area contributed by atoms with Crippen molar-refractivity contribution in [3.63, 3.8) is 0 Å². The highest BCUT2D eigenvalue weighted by Crippen LogP contribution is 2.55. The maximum Gasteiger partial charge on any atom is 0.123 e. The van der Waals surface area contributed by atoms with E-state index in [0.717, 1.165) is 17.9 Å². The number of hydrogen-bond acceptors (Lipinski definition) is 2. The van der Waals surface area contributed by atoms with E-state index >= 15 is 0 Å². The Hall–Kier alpha value is -0.890. The summed E-state index contributed by atoms with van der Waals surface area (Å²) in [5, 5.41) is 0.295. The molecule has 3 rings (SSSR count). The predicted octanol–water partition coefficient (Wildman–Crippen LogP) is 4.40. The van der Waals surface area contributed by atoms with Gasteiger partial charge in [0.25, 0.3) is 0 Å². The van der Waals surface area contributed by atoms with Gasteiger partial charge in [-0.2, -0.15) is 0 Å². The molecule has 0 amide bonds. The summed E-state index contributed by atoms with van der Waals surface area (Å²) >= 11 is 6.50. The molecule has 2 fully saturated rings. The summed E-state index contributed by atoms with van der Waals surface area (Å²) in [7, 11) is 1.68. The van der Waals surface area contributed by atoms with Crippen LogP contribution < -0.4 is 9.47 Å². The maximum atomic E-state index is 6.50. The summed E-state index contributed by atoms with van der Waals surface area (Å²) in [6.07, 6.45) is 7.62. The molecular weight excluding hydrogens is 260 g/mol. The third-order valence-electron chi connectivity index (χ3n) is 4.79. The van der Waals surface area contributed by atoms with Crippen molar-refractivity contribution >= 4 is 11.6 Å². The van der Waals surface area contributed by atoms with Crippen LogP contribution in [-0.2, 0) is 0 Å². The Morgan fingerprint density at radius 1 is 1.16 bits per heavy atom. The van der Waals surface area contributed by atoms with E-state index in [4.69, 9.17) is 21.1 Å². The summed E-state index contributed by atoms with van der Waals surface area (Å²) in [6.45, 7) is 0. The standard InChI is InChI=1S/C16H21ClO2/c1-18-12-6-5-7-13(10-12)19-15-11-14(17)16(15)8-3-2-4-9-16/h5-7,10,14-15H,2-4,8-9,11H2,1H3. The zero-order chi connectivity index (χ0) is 13.3. The van der Waals surface area contributed by atoms with Crippen molar-refractivity contribution in [2.45, 2.75) is 50.0 Å². The van der Waals surface area contributed by atoms with E-state index in [-0.39, 0.29) is 11.5 Å². The van der Waals surface area contributed by atoms with Crippen molar-refractivity contribution in [2.75, 3.05) is 7.11 Å². The number of rotatable bonds is 3. The Labute approximate surface area is 120 Å². The quantitative estimate of drug-likeness (QED) is 0.764. The summed E-state index contributed by atoms with van der Waals surface area (Å²) in [4.78, 5) is 0. The first-order valence-electron chi connectivity index (χ1n) is 7.19. The van der Waals surface area contributed by atoms with Crippen molar-refractivity contribution in [3.05, 3.63) is 24.3 Å². The molecule has 0 heterocycles. The van der Waals surface area contributed by atoms with Crippen molar-refractivity contribution in [1.29, 1.82) is 0 Å². The first-order valence-corrected chi connectivity index (χ1v) is 7.63. The molecular formula is C16H21ClO2. The minimum absolute atomic E-state index is 0.225. The van der Waals surface area contributed by atoms with Crippen molar-refractivity contribution in [1.82, 2.24) is 0 Å². The monoisotopic (exact) mass is 280 g/mol. The van der Waals surface area contributed by atoms with Crippen LogP contribution in [0.4, 0.5) is 0 Å². The molecule has 2 nitrogen and oxygen atoms in total. The van der Waals surface area contributed by atoms with E-state index < -0.39 is 0 Å². The van der Waals surface area contributed by atoms with E-state index in [1.807, 2.05) is 24.3 Å². The van der Waals surface area contributed by atoms with E-state index in [1.54, 1.807) is 7.11 Å². The van der Waals surface area contributed by atoms with Gasteiger partial charge in [-0.1, -0.05) is 25.3 Å². The Balaban J connectivity index is 1.72.